The zero-order valence-electron chi connectivity index (χ0n) is 22.8. The van der Waals surface area contributed by atoms with E-state index in [9.17, 15) is 0 Å². The predicted molar refractivity (Wildman–Crippen MR) is 169 cm³/mol. The van der Waals surface area contributed by atoms with Crippen molar-refractivity contribution >= 4 is 28.3 Å². The van der Waals surface area contributed by atoms with Crippen LogP contribution in [0.4, 0.5) is 22.7 Å². The van der Waals surface area contributed by atoms with Crippen LogP contribution in [0.15, 0.2) is 157 Å². The van der Waals surface area contributed by atoms with Gasteiger partial charge in [-0.2, -0.15) is 0 Å². The third-order valence-electron chi connectivity index (χ3n) is 7.07. The van der Waals surface area contributed by atoms with Gasteiger partial charge in [0.2, 0.25) is 0 Å². The van der Waals surface area contributed by atoms with Crippen LogP contribution in [0.2, 0.25) is 0 Å². The second kappa shape index (κ2) is 12.1. The van der Waals surface area contributed by atoms with E-state index in [1.165, 1.54) is 33.6 Å². The van der Waals surface area contributed by atoms with Crippen LogP contribution in [0.1, 0.15) is 19.4 Å². The van der Waals surface area contributed by atoms with Gasteiger partial charge in [-0.3, -0.25) is 0 Å². The van der Waals surface area contributed by atoms with Crippen molar-refractivity contribution in [2.24, 2.45) is 0 Å². The quantitative estimate of drug-likeness (QED) is 0.193. The zero-order chi connectivity index (χ0) is 27.0. The standard InChI is InChI=1S/C37H34N2/c1-29(19-20-30(2)38(3)34-15-9-5-10-16-34)31-21-25-36(26-22-31)39(35-17-11-6-12-18-35)37-27-23-33(24-28-37)32-13-7-4-8-14-32/h4-28H,1-3H3/b29-19+,30-20+. The van der Waals surface area contributed by atoms with E-state index in [0.29, 0.717) is 0 Å². The van der Waals surface area contributed by atoms with Crippen LogP contribution >= 0.6 is 0 Å². The molecule has 2 heteroatoms. The Morgan fingerprint density at radius 1 is 0.462 bits per heavy atom. The van der Waals surface area contributed by atoms with Gasteiger partial charge in [-0.25, -0.2) is 0 Å². The van der Waals surface area contributed by atoms with E-state index in [2.05, 4.69) is 176 Å². The molecular weight excluding hydrogens is 472 g/mol. The van der Waals surface area contributed by atoms with Crippen molar-refractivity contribution in [2.75, 3.05) is 16.8 Å². The fourth-order valence-electron chi connectivity index (χ4n) is 4.64. The first-order valence-corrected chi connectivity index (χ1v) is 13.4. The molecule has 192 valence electrons. The molecule has 0 unspecified atom stereocenters. The van der Waals surface area contributed by atoms with Crippen molar-refractivity contribution in [3.05, 3.63) is 163 Å². The molecular formula is C37H34N2. The van der Waals surface area contributed by atoms with Gasteiger partial charge in [0.25, 0.3) is 0 Å². The summed E-state index contributed by atoms with van der Waals surface area (Å²) in [6.45, 7) is 4.30. The molecule has 0 bridgehead atoms. The average molecular weight is 507 g/mol. The first-order chi connectivity index (χ1) is 19.1. The third-order valence-corrected chi connectivity index (χ3v) is 7.07. The van der Waals surface area contributed by atoms with Crippen LogP contribution in [0.5, 0.6) is 0 Å². The number of para-hydroxylation sites is 2. The predicted octanol–water partition coefficient (Wildman–Crippen LogP) is 10.3. The monoisotopic (exact) mass is 506 g/mol. The molecule has 0 heterocycles. The van der Waals surface area contributed by atoms with E-state index in [4.69, 9.17) is 0 Å². The molecule has 0 aliphatic carbocycles. The van der Waals surface area contributed by atoms with Crippen LogP contribution in [-0.4, -0.2) is 7.05 Å². The maximum atomic E-state index is 2.30. The van der Waals surface area contributed by atoms with Gasteiger partial charge >= 0.3 is 0 Å². The van der Waals surface area contributed by atoms with Gasteiger partial charge in [0.15, 0.2) is 0 Å². The molecule has 0 fully saturated rings. The SMILES string of the molecule is C/C(=C\C=C(/C)N(C)c1ccccc1)c1ccc(N(c2ccccc2)c2ccc(-c3ccccc3)cc2)cc1. The number of anilines is 4. The Morgan fingerprint density at radius 3 is 1.46 bits per heavy atom. The summed E-state index contributed by atoms with van der Waals surface area (Å²) < 4.78 is 0. The lowest BCUT2D eigenvalue weighted by molar-refractivity contribution is 1.09. The van der Waals surface area contributed by atoms with Crippen molar-refractivity contribution in [3.8, 4) is 11.1 Å². The summed E-state index contributed by atoms with van der Waals surface area (Å²) in [4.78, 5) is 4.50. The van der Waals surface area contributed by atoms with Crippen molar-refractivity contribution in [1.82, 2.24) is 0 Å². The first-order valence-electron chi connectivity index (χ1n) is 13.4. The number of nitrogens with zero attached hydrogens (tertiary/aromatic N) is 2. The molecule has 0 aliphatic heterocycles. The number of hydrogen-bond donors (Lipinski definition) is 0. The molecule has 0 atom stereocenters. The Balaban J connectivity index is 1.40. The summed E-state index contributed by atoms with van der Waals surface area (Å²) in [5.41, 5.74) is 10.6. The van der Waals surface area contributed by atoms with Crippen LogP contribution in [-0.2, 0) is 0 Å². The molecule has 0 saturated heterocycles. The lowest BCUT2D eigenvalue weighted by atomic mass is 10.0. The molecule has 5 aromatic rings. The molecule has 39 heavy (non-hydrogen) atoms. The lowest BCUT2D eigenvalue weighted by Crippen LogP contribution is -2.13. The van der Waals surface area contributed by atoms with E-state index in [1.54, 1.807) is 0 Å². The smallest absolute Gasteiger partial charge is 0.0462 e. The molecule has 0 spiro atoms. The number of allylic oxidation sites excluding steroid dienone is 4. The van der Waals surface area contributed by atoms with E-state index in [-0.39, 0.29) is 0 Å². The summed E-state index contributed by atoms with van der Waals surface area (Å²) >= 11 is 0. The number of benzene rings is 5. The Morgan fingerprint density at radius 2 is 0.897 bits per heavy atom. The van der Waals surface area contributed by atoms with Crippen molar-refractivity contribution in [2.45, 2.75) is 13.8 Å². The van der Waals surface area contributed by atoms with Crippen LogP contribution in [0, 0.1) is 0 Å². The van der Waals surface area contributed by atoms with Gasteiger partial charge < -0.3 is 9.80 Å². The van der Waals surface area contributed by atoms with Gasteiger partial charge in [-0.05, 0) is 90.7 Å². The summed E-state index contributed by atoms with van der Waals surface area (Å²) in [6, 6.07) is 49.1. The molecule has 0 saturated carbocycles. The van der Waals surface area contributed by atoms with Gasteiger partial charge in [0.05, 0.1) is 0 Å². The van der Waals surface area contributed by atoms with Gasteiger partial charge in [-0.15, -0.1) is 0 Å². The molecule has 0 aromatic heterocycles. The maximum absolute atomic E-state index is 2.30. The second-order valence-corrected chi connectivity index (χ2v) is 9.68. The van der Waals surface area contributed by atoms with Gasteiger partial charge in [0, 0.05) is 35.5 Å². The molecule has 0 radical (unpaired) electrons. The van der Waals surface area contributed by atoms with Crippen molar-refractivity contribution in [3.63, 3.8) is 0 Å². The molecule has 0 aliphatic rings. The fourth-order valence-corrected chi connectivity index (χ4v) is 4.64. The minimum absolute atomic E-state index is 1.13. The van der Waals surface area contributed by atoms with Gasteiger partial charge in [-0.1, -0.05) is 97.1 Å². The Hall–Kier alpha value is -4.82. The highest BCUT2D eigenvalue weighted by atomic mass is 15.1. The third kappa shape index (κ3) is 6.19. The summed E-state index contributed by atoms with van der Waals surface area (Å²) in [5, 5.41) is 0. The summed E-state index contributed by atoms with van der Waals surface area (Å²) in [5.74, 6) is 0. The largest absolute Gasteiger partial charge is 0.348 e. The Bertz CT molecular complexity index is 1530. The number of rotatable bonds is 8. The second-order valence-electron chi connectivity index (χ2n) is 9.68. The van der Waals surface area contributed by atoms with Crippen LogP contribution in [0.25, 0.3) is 16.7 Å². The van der Waals surface area contributed by atoms with E-state index in [1.807, 2.05) is 6.07 Å². The topological polar surface area (TPSA) is 6.48 Å². The zero-order valence-corrected chi connectivity index (χ0v) is 22.8. The first kappa shape index (κ1) is 25.8. The van der Waals surface area contributed by atoms with E-state index >= 15 is 0 Å². The van der Waals surface area contributed by atoms with E-state index < -0.39 is 0 Å². The normalized spacial score (nSPS) is 11.8. The highest BCUT2D eigenvalue weighted by Crippen LogP contribution is 2.36. The highest BCUT2D eigenvalue weighted by molar-refractivity contribution is 5.79. The minimum atomic E-state index is 1.13. The number of hydrogen-bond acceptors (Lipinski definition) is 2. The van der Waals surface area contributed by atoms with E-state index in [0.717, 1.165) is 17.1 Å². The van der Waals surface area contributed by atoms with Crippen molar-refractivity contribution < 1.29 is 0 Å². The molecule has 5 rings (SSSR count). The fraction of sp³-hybridized carbons (Fsp3) is 0.0811. The Labute approximate surface area is 232 Å². The average Bonchev–Trinajstić information content (AvgIpc) is 3.01. The van der Waals surface area contributed by atoms with Crippen molar-refractivity contribution in [1.29, 1.82) is 0 Å². The van der Waals surface area contributed by atoms with Crippen LogP contribution in [0.3, 0.4) is 0 Å². The lowest BCUT2D eigenvalue weighted by Gasteiger charge is -2.26. The van der Waals surface area contributed by atoms with Crippen LogP contribution < -0.4 is 9.80 Å². The molecule has 0 N–H and O–H groups in total. The Kier molecular flexibility index (Phi) is 8.04. The summed E-state index contributed by atoms with van der Waals surface area (Å²) in [6.07, 6.45) is 4.38. The summed E-state index contributed by atoms with van der Waals surface area (Å²) in [7, 11) is 2.10. The minimum Gasteiger partial charge on any atom is -0.348 e. The molecule has 5 aromatic carbocycles. The molecule has 2 nitrogen and oxygen atoms in total. The molecule has 0 amide bonds. The van der Waals surface area contributed by atoms with Gasteiger partial charge in [0.1, 0.15) is 0 Å². The maximum Gasteiger partial charge on any atom is 0.0462 e. The highest BCUT2D eigenvalue weighted by Gasteiger charge is 2.12.